The fourth-order valence-electron chi connectivity index (χ4n) is 0.521. The third-order valence-corrected chi connectivity index (χ3v) is 1.23. The van der Waals surface area contributed by atoms with Gasteiger partial charge in [0.1, 0.15) is 0 Å². The molecule has 1 aromatic carbocycles. The summed E-state index contributed by atoms with van der Waals surface area (Å²) in [5.41, 5.74) is 5.93. The summed E-state index contributed by atoms with van der Waals surface area (Å²) in [6.07, 6.45) is 0. The molecule has 0 aliphatic heterocycles. The zero-order valence-corrected chi connectivity index (χ0v) is 6.00. The van der Waals surface area contributed by atoms with E-state index in [4.69, 9.17) is 28.9 Å². The van der Waals surface area contributed by atoms with Gasteiger partial charge in [-0.2, -0.15) is 0 Å². The van der Waals surface area contributed by atoms with Crippen molar-refractivity contribution in [1.82, 2.24) is 0 Å². The highest BCUT2D eigenvalue weighted by Gasteiger charge is 1.92. The third-order valence-electron chi connectivity index (χ3n) is 0.826. The second kappa shape index (κ2) is 2.46. The summed E-state index contributed by atoms with van der Waals surface area (Å²) in [5.74, 6) is 0. The number of nitrogen functional groups attached to an aromatic ring is 1. The molecule has 0 atom stereocenters. The van der Waals surface area contributed by atoms with Crippen molar-refractivity contribution >= 4 is 28.9 Å². The molecular formula is C6H4Cl2N. The van der Waals surface area contributed by atoms with Gasteiger partial charge in [0.05, 0.1) is 10.0 Å². The van der Waals surface area contributed by atoms with Gasteiger partial charge in [0.25, 0.3) is 0 Å². The van der Waals surface area contributed by atoms with Gasteiger partial charge >= 0.3 is 0 Å². The van der Waals surface area contributed by atoms with Crippen LogP contribution in [-0.2, 0) is 0 Å². The minimum absolute atomic E-state index is 0.444. The van der Waals surface area contributed by atoms with Crippen LogP contribution in [0.5, 0.6) is 0 Å². The second-order valence-corrected chi connectivity index (χ2v) is 2.42. The van der Waals surface area contributed by atoms with Gasteiger partial charge in [-0.1, -0.05) is 23.2 Å². The zero-order valence-electron chi connectivity index (χ0n) is 4.49. The Balaban J connectivity index is 3.17. The van der Waals surface area contributed by atoms with Gasteiger partial charge in [0.15, 0.2) is 0 Å². The summed E-state index contributed by atoms with van der Waals surface area (Å²) in [6, 6.07) is 5.84. The van der Waals surface area contributed by atoms with Gasteiger partial charge in [0, 0.05) is 11.8 Å². The molecule has 0 fully saturated rings. The van der Waals surface area contributed by atoms with Crippen molar-refractivity contribution in [3.8, 4) is 0 Å². The van der Waals surface area contributed by atoms with Gasteiger partial charge in [-0.25, -0.2) is 0 Å². The topological polar surface area (TPSA) is 26.0 Å². The SMILES string of the molecule is Nc1cc(Cl)[c]c(Cl)c1. The van der Waals surface area contributed by atoms with Crippen LogP contribution in [0.2, 0.25) is 10.0 Å². The van der Waals surface area contributed by atoms with E-state index in [1.807, 2.05) is 0 Å². The lowest BCUT2D eigenvalue weighted by Gasteiger charge is -1.93. The molecule has 1 aromatic rings. The van der Waals surface area contributed by atoms with Gasteiger partial charge < -0.3 is 5.73 Å². The zero-order chi connectivity index (χ0) is 6.85. The van der Waals surface area contributed by atoms with Crippen LogP contribution >= 0.6 is 23.2 Å². The van der Waals surface area contributed by atoms with Crippen molar-refractivity contribution in [1.29, 1.82) is 0 Å². The summed E-state index contributed by atoms with van der Waals surface area (Å²) >= 11 is 11.1. The van der Waals surface area contributed by atoms with Crippen LogP contribution in [0, 0.1) is 6.07 Å². The first kappa shape index (κ1) is 6.72. The molecule has 0 spiro atoms. The Morgan fingerprint density at radius 3 is 2.00 bits per heavy atom. The molecule has 1 nitrogen and oxygen atoms in total. The fraction of sp³-hybridized carbons (Fsp3) is 0. The van der Waals surface area contributed by atoms with E-state index in [-0.39, 0.29) is 0 Å². The summed E-state index contributed by atoms with van der Waals surface area (Å²) in [7, 11) is 0. The summed E-state index contributed by atoms with van der Waals surface area (Å²) in [6.45, 7) is 0. The molecule has 1 rings (SSSR count). The number of nitrogens with two attached hydrogens (primary N) is 1. The largest absolute Gasteiger partial charge is 0.399 e. The van der Waals surface area contributed by atoms with Crippen LogP contribution in [0.25, 0.3) is 0 Å². The molecule has 0 saturated carbocycles. The third kappa shape index (κ3) is 1.77. The number of benzene rings is 1. The Labute approximate surface area is 63.4 Å². The van der Waals surface area contributed by atoms with Crippen LogP contribution in [0.4, 0.5) is 5.69 Å². The van der Waals surface area contributed by atoms with E-state index >= 15 is 0 Å². The van der Waals surface area contributed by atoms with Crippen molar-refractivity contribution in [2.45, 2.75) is 0 Å². The maximum Gasteiger partial charge on any atom is 0.0520 e. The number of hydrogen-bond acceptors (Lipinski definition) is 1. The van der Waals surface area contributed by atoms with E-state index in [1.165, 1.54) is 0 Å². The van der Waals surface area contributed by atoms with E-state index in [2.05, 4.69) is 6.07 Å². The lowest BCUT2D eigenvalue weighted by Crippen LogP contribution is -1.82. The quantitative estimate of drug-likeness (QED) is 0.580. The van der Waals surface area contributed by atoms with Crippen molar-refractivity contribution in [2.75, 3.05) is 5.73 Å². The lowest BCUT2D eigenvalue weighted by atomic mass is 10.3. The summed E-state index contributed by atoms with van der Waals surface area (Å²) < 4.78 is 0. The molecule has 2 N–H and O–H groups in total. The van der Waals surface area contributed by atoms with Gasteiger partial charge in [-0.15, -0.1) is 0 Å². The Morgan fingerprint density at radius 2 is 1.67 bits per heavy atom. The predicted octanol–water partition coefficient (Wildman–Crippen LogP) is 2.38. The first-order valence-electron chi connectivity index (χ1n) is 2.32. The van der Waals surface area contributed by atoms with Crippen LogP contribution in [0.3, 0.4) is 0 Å². The Hall–Kier alpha value is -0.400. The maximum atomic E-state index is 5.53. The minimum atomic E-state index is 0.444. The average Bonchev–Trinajstić information content (AvgIpc) is 1.59. The first-order valence-corrected chi connectivity index (χ1v) is 3.08. The van der Waals surface area contributed by atoms with E-state index in [0.717, 1.165) is 0 Å². The first-order chi connectivity index (χ1) is 4.18. The smallest absolute Gasteiger partial charge is 0.0520 e. The Bertz CT molecular complexity index is 172. The molecule has 9 heavy (non-hydrogen) atoms. The monoisotopic (exact) mass is 160 g/mol. The minimum Gasteiger partial charge on any atom is -0.399 e. The molecule has 0 heterocycles. The highest BCUT2D eigenvalue weighted by atomic mass is 35.5. The molecule has 0 bridgehead atoms. The standard InChI is InChI=1S/C6H4Cl2N/c7-4-1-5(8)3-6(9)2-4/h2-3H,9H2. The van der Waals surface area contributed by atoms with Gasteiger partial charge in [-0.3, -0.25) is 0 Å². The molecule has 0 amide bonds. The number of halogens is 2. The molecule has 0 saturated heterocycles. The van der Waals surface area contributed by atoms with Crippen molar-refractivity contribution in [3.05, 3.63) is 28.2 Å². The highest BCUT2D eigenvalue weighted by Crippen LogP contribution is 2.18. The molecule has 0 aromatic heterocycles. The van der Waals surface area contributed by atoms with Crippen LogP contribution in [0.15, 0.2) is 12.1 Å². The molecule has 1 radical (unpaired) electrons. The number of anilines is 1. The second-order valence-electron chi connectivity index (χ2n) is 1.61. The molecule has 0 unspecified atom stereocenters. The number of hydrogen-bond donors (Lipinski definition) is 1. The summed E-state index contributed by atoms with van der Waals surface area (Å²) in [5, 5.41) is 0.889. The van der Waals surface area contributed by atoms with E-state index in [0.29, 0.717) is 15.7 Å². The highest BCUT2D eigenvalue weighted by molar-refractivity contribution is 6.34. The van der Waals surface area contributed by atoms with Crippen LogP contribution in [0.1, 0.15) is 0 Å². The fourth-order valence-corrected chi connectivity index (χ4v) is 1.02. The van der Waals surface area contributed by atoms with Crippen LogP contribution in [-0.4, -0.2) is 0 Å². The predicted molar refractivity (Wildman–Crippen MR) is 39.7 cm³/mol. The van der Waals surface area contributed by atoms with E-state index < -0.39 is 0 Å². The maximum absolute atomic E-state index is 5.53. The molecular weight excluding hydrogens is 157 g/mol. The lowest BCUT2D eigenvalue weighted by molar-refractivity contribution is 1.67. The van der Waals surface area contributed by atoms with Gasteiger partial charge in [-0.05, 0) is 12.1 Å². The van der Waals surface area contributed by atoms with Crippen molar-refractivity contribution in [2.24, 2.45) is 0 Å². The molecule has 0 aliphatic carbocycles. The Kier molecular flexibility index (Phi) is 1.84. The molecule has 47 valence electrons. The van der Waals surface area contributed by atoms with Crippen molar-refractivity contribution in [3.63, 3.8) is 0 Å². The van der Waals surface area contributed by atoms with Crippen LogP contribution < -0.4 is 5.73 Å². The summed E-state index contributed by atoms with van der Waals surface area (Å²) in [4.78, 5) is 0. The van der Waals surface area contributed by atoms with E-state index in [1.54, 1.807) is 12.1 Å². The normalized spacial score (nSPS) is 9.56. The van der Waals surface area contributed by atoms with Gasteiger partial charge in [0.2, 0.25) is 0 Å². The molecule has 0 aliphatic rings. The molecule has 3 heteroatoms. The number of rotatable bonds is 0. The Morgan fingerprint density at radius 1 is 1.22 bits per heavy atom. The van der Waals surface area contributed by atoms with E-state index in [9.17, 15) is 0 Å². The van der Waals surface area contributed by atoms with Crippen molar-refractivity contribution < 1.29 is 0 Å². The average molecular weight is 161 g/mol.